The summed E-state index contributed by atoms with van der Waals surface area (Å²) < 4.78 is 0. The van der Waals surface area contributed by atoms with E-state index in [0.29, 0.717) is 5.41 Å². The first-order chi connectivity index (χ1) is 4.83. The molecule has 0 fully saturated rings. The summed E-state index contributed by atoms with van der Waals surface area (Å²) in [5.74, 6) is 0. The Hall–Kier alpha value is 0.290. The van der Waals surface area contributed by atoms with E-state index in [1.807, 2.05) is 0 Å². The minimum absolute atomic E-state index is 0.0399. The molecule has 0 bridgehead atoms. The van der Waals surface area contributed by atoms with Crippen molar-refractivity contribution < 1.29 is 0 Å². The Balaban J connectivity index is 4.08. The molecule has 0 radical (unpaired) electrons. The van der Waals surface area contributed by atoms with Crippen LogP contribution in [-0.4, -0.2) is 4.87 Å². The fraction of sp³-hybridized carbons (Fsp3) is 1.00. The van der Waals surface area contributed by atoms with Crippen LogP contribution >= 0.6 is 11.6 Å². The van der Waals surface area contributed by atoms with Gasteiger partial charge in [-0.2, -0.15) is 0 Å². The summed E-state index contributed by atoms with van der Waals surface area (Å²) in [5.41, 5.74) is 0.355. The number of hydrogen-bond acceptors (Lipinski definition) is 0. The van der Waals surface area contributed by atoms with Crippen LogP contribution in [0.5, 0.6) is 0 Å². The van der Waals surface area contributed by atoms with Gasteiger partial charge in [0, 0.05) is 4.87 Å². The average Bonchev–Trinajstić information content (AvgIpc) is 1.84. The SMILES string of the molecule is CCC(Cl)(CC)CC(C)(C)C. The van der Waals surface area contributed by atoms with Crippen LogP contribution in [0.15, 0.2) is 0 Å². The van der Waals surface area contributed by atoms with Gasteiger partial charge >= 0.3 is 0 Å². The quantitative estimate of drug-likeness (QED) is 0.565. The molecule has 0 aromatic carbocycles. The molecule has 0 aromatic rings. The molecule has 0 aromatic heterocycles. The highest BCUT2D eigenvalue weighted by molar-refractivity contribution is 6.23. The monoisotopic (exact) mass is 176 g/mol. The van der Waals surface area contributed by atoms with Crippen molar-refractivity contribution in [1.29, 1.82) is 0 Å². The Morgan fingerprint density at radius 1 is 1.00 bits per heavy atom. The van der Waals surface area contributed by atoms with Crippen LogP contribution in [0.2, 0.25) is 0 Å². The summed E-state index contributed by atoms with van der Waals surface area (Å²) in [6.45, 7) is 11.1. The van der Waals surface area contributed by atoms with Crippen LogP contribution in [0, 0.1) is 5.41 Å². The van der Waals surface area contributed by atoms with Gasteiger partial charge in [0.1, 0.15) is 0 Å². The highest BCUT2D eigenvalue weighted by Crippen LogP contribution is 2.36. The van der Waals surface area contributed by atoms with E-state index in [0.717, 1.165) is 19.3 Å². The predicted molar refractivity (Wildman–Crippen MR) is 53.2 cm³/mol. The summed E-state index contributed by atoms with van der Waals surface area (Å²) in [5, 5.41) is 0. The molecule has 0 rings (SSSR count). The van der Waals surface area contributed by atoms with Crippen LogP contribution in [0.1, 0.15) is 53.9 Å². The van der Waals surface area contributed by atoms with Gasteiger partial charge in [-0.05, 0) is 24.7 Å². The second-order valence-electron chi connectivity index (χ2n) is 4.60. The summed E-state index contributed by atoms with van der Waals surface area (Å²) in [6, 6.07) is 0. The van der Waals surface area contributed by atoms with E-state index in [1.54, 1.807) is 0 Å². The van der Waals surface area contributed by atoms with Gasteiger partial charge < -0.3 is 0 Å². The molecule has 0 amide bonds. The Bertz CT molecular complexity index is 107. The van der Waals surface area contributed by atoms with Crippen molar-refractivity contribution in [3.8, 4) is 0 Å². The van der Waals surface area contributed by atoms with Gasteiger partial charge in [0.2, 0.25) is 0 Å². The third-order valence-corrected chi connectivity index (χ3v) is 2.78. The molecule has 0 aliphatic rings. The number of halogens is 1. The summed E-state index contributed by atoms with van der Waals surface area (Å²) >= 11 is 6.39. The number of alkyl halides is 1. The molecule has 11 heavy (non-hydrogen) atoms. The van der Waals surface area contributed by atoms with Gasteiger partial charge in [-0.1, -0.05) is 34.6 Å². The largest absolute Gasteiger partial charge is 0.119 e. The summed E-state index contributed by atoms with van der Waals surface area (Å²) in [7, 11) is 0. The van der Waals surface area contributed by atoms with E-state index in [9.17, 15) is 0 Å². The molecular weight excluding hydrogens is 156 g/mol. The maximum Gasteiger partial charge on any atom is 0.0446 e. The van der Waals surface area contributed by atoms with Crippen LogP contribution in [0.4, 0.5) is 0 Å². The van der Waals surface area contributed by atoms with Gasteiger partial charge in [0.25, 0.3) is 0 Å². The molecule has 0 spiro atoms. The van der Waals surface area contributed by atoms with E-state index in [-0.39, 0.29) is 4.87 Å². The van der Waals surface area contributed by atoms with E-state index >= 15 is 0 Å². The van der Waals surface area contributed by atoms with Crippen molar-refractivity contribution in [1.82, 2.24) is 0 Å². The minimum atomic E-state index is 0.0399. The topological polar surface area (TPSA) is 0 Å². The second-order valence-corrected chi connectivity index (χ2v) is 5.40. The Kier molecular flexibility index (Phi) is 3.90. The van der Waals surface area contributed by atoms with Gasteiger partial charge in [-0.25, -0.2) is 0 Å². The normalized spacial score (nSPS) is 13.6. The van der Waals surface area contributed by atoms with Crippen LogP contribution in [0.3, 0.4) is 0 Å². The van der Waals surface area contributed by atoms with E-state index in [2.05, 4.69) is 34.6 Å². The highest BCUT2D eigenvalue weighted by atomic mass is 35.5. The molecule has 0 aliphatic carbocycles. The van der Waals surface area contributed by atoms with Crippen molar-refractivity contribution in [2.24, 2.45) is 5.41 Å². The maximum atomic E-state index is 6.39. The average molecular weight is 177 g/mol. The Labute approximate surface area is 76.3 Å². The molecule has 0 heterocycles. The van der Waals surface area contributed by atoms with Crippen LogP contribution in [-0.2, 0) is 0 Å². The van der Waals surface area contributed by atoms with Crippen LogP contribution in [0.25, 0.3) is 0 Å². The summed E-state index contributed by atoms with van der Waals surface area (Å²) in [4.78, 5) is 0.0399. The molecule has 0 N–H and O–H groups in total. The maximum absolute atomic E-state index is 6.39. The van der Waals surface area contributed by atoms with E-state index in [4.69, 9.17) is 11.6 Å². The van der Waals surface area contributed by atoms with E-state index in [1.165, 1.54) is 0 Å². The fourth-order valence-corrected chi connectivity index (χ4v) is 1.85. The fourth-order valence-electron chi connectivity index (χ4n) is 1.45. The first-order valence-electron chi connectivity index (χ1n) is 4.52. The molecule has 1 heteroatoms. The standard InChI is InChI=1S/C10H21Cl/c1-6-10(11,7-2)8-9(3,4)5/h6-8H2,1-5H3. The lowest BCUT2D eigenvalue weighted by molar-refractivity contribution is 0.302. The summed E-state index contributed by atoms with van der Waals surface area (Å²) in [6.07, 6.45) is 3.25. The minimum Gasteiger partial charge on any atom is -0.119 e. The van der Waals surface area contributed by atoms with E-state index < -0.39 is 0 Å². The lowest BCUT2D eigenvalue weighted by Crippen LogP contribution is -2.26. The Morgan fingerprint density at radius 2 is 1.36 bits per heavy atom. The molecule has 0 atom stereocenters. The number of rotatable bonds is 3. The van der Waals surface area contributed by atoms with Crippen molar-refractivity contribution in [2.75, 3.05) is 0 Å². The van der Waals surface area contributed by atoms with Crippen molar-refractivity contribution in [3.63, 3.8) is 0 Å². The van der Waals surface area contributed by atoms with Gasteiger partial charge in [0.15, 0.2) is 0 Å². The molecule has 68 valence electrons. The lowest BCUT2D eigenvalue weighted by atomic mass is 9.82. The van der Waals surface area contributed by atoms with Gasteiger partial charge in [0.05, 0.1) is 0 Å². The zero-order valence-corrected chi connectivity index (χ0v) is 9.26. The smallest absolute Gasteiger partial charge is 0.0446 e. The van der Waals surface area contributed by atoms with Crippen molar-refractivity contribution >= 4 is 11.6 Å². The molecular formula is C10H21Cl. The zero-order chi connectivity index (χ0) is 9.12. The zero-order valence-electron chi connectivity index (χ0n) is 8.50. The molecule has 0 saturated heterocycles. The van der Waals surface area contributed by atoms with Gasteiger partial charge in [-0.3, -0.25) is 0 Å². The molecule has 0 nitrogen and oxygen atoms in total. The third kappa shape index (κ3) is 4.68. The van der Waals surface area contributed by atoms with Crippen molar-refractivity contribution in [2.45, 2.75) is 58.8 Å². The molecule has 0 saturated carbocycles. The Morgan fingerprint density at radius 3 is 1.45 bits per heavy atom. The second kappa shape index (κ2) is 3.80. The first kappa shape index (κ1) is 11.3. The van der Waals surface area contributed by atoms with Crippen LogP contribution < -0.4 is 0 Å². The lowest BCUT2D eigenvalue weighted by Gasteiger charge is -2.31. The van der Waals surface area contributed by atoms with Gasteiger partial charge in [-0.15, -0.1) is 11.6 Å². The van der Waals surface area contributed by atoms with Crippen molar-refractivity contribution in [3.05, 3.63) is 0 Å². The first-order valence-corrected chi connectivity index (χ1v) is 4.90. The molecule has 0 unspecified atom stereocenters. The molecule has 0 aliphatic heterocycles. The highest BCUT2D eigenvalue weighted by Gasteiger charge is 2.28. The predicted octanol–water partition coefficient (Wildman–Crippen LogP) is 4.22. The number of hydrogen-bond donors (Lipinski definition) is 0. The third-order valence-electron chi connectivity index (χ3n) is 2.11.